The molecule has 0 spiro atoms. The molecule has 0 aromatic carbocycles. The van der Waals surface area contributed by atoms with Crippen LogP contribution in [0.5, 0.6) is 0 Å². The zero-order valence-electron chi connectivity index (χ0n) is 12.2. The second kappa shape index (κ2) is 16.6. The minimum Gasteiger partial charge on any atom is -0.286 e. The van der Waals surface area contributed by atoms with Gasteiger partial charge in [0.05, 0.1) is 0 Å². The molecule has 1 radical (unpaired) electrons. The van der Waals surface area contributed by atoms with Gasteiger partial charge in [-0.15, -0.1) is 0 Å². The SMILES string of the molecule is CCCCCCCCC/C=C/C=C/C=C/C=C/[C]=O. The van der Waals surface area contributed by atoms with Crippen molar-refractivity contribution in [2.24, 2.45) is 0 Å². The highest BCUT2D eigenvalue weighted by molar-refractivity contribution is 5.66. The van der Waals surface area contributed by atoms with Crippen LogP contribution in [0.25, 0.3) is 0 Å². The van der Waals surface area contributed by atoms with Crippen molar-refractivity contribution in [3.63, 3.8) is 0 Å². The number of hydrogen-bond donors (Lipinski definition) is 0. The number of carbonyl (C=O) groups excluding carboxylic acids is 1. The van der Waals surface area contributed by atoms with Crippen LogP contribution >= 0.6 is 0 Å². The number of unbranched alkanes of at least 4 members (excludes halogenated alkanes) is 7. The van der Waals surface area contributed by atoms with E-state index in [0.29, 0.717) is 0 Å². The van der Waals surface area contributed by atoms with Gasteiger partial charge in [0.2, 0.25) is 6.29 Å². The molecule has 0 heterocycles. The first-order chi connectivity index (χ1) is 9.41. The highest BCUT2D eigenvalue weighted by atomic mass is 16.1. The van der Waals surface area contributed by atoms with Gasteiger partial charge >= 0.3 is 0 Å². The van der Waals surface area contributed by atoms with Crippen molar-refractivity contribution in [3.8, 4) is 0 Å². The Morgan fingerprint density at radius 1 is 0.737 bits per heavy atom. The molecule has 0 aromatic rings. The van der Waals surface area contributed by atoms with Gasteiger partial charge in [-0.25, -0.2) is 0 Å². The minimum atomic E-state index is 1.17. The third kappa shape index (κ3) is 16.6. The Labute approximate surface area is 118 Å². The lowest BCUT2D eigenvalue weighted by Gasteiger charge is -1.98. The summed E-state index contributed by atoms with van der Waals surface area (Å²) in [6, 6.07) is 0. The standard InChI is InChI=1S/C18H27O/c1-2-3-4-5-6-7-8-9-10-11-12-13-14-15-16-17-18-19/h10-17H,2-9H2,1H3/b11-10+,13-12+,15-14+,17-16+. The van der Waals surface area contributed by atoms with Crippen LogP contribution in [0, 0.1) is 0 Å². The fourth-order valence-corrected chi connectivity index (χ4v) is 1.75. The van der Waals surface area contributed by atoms with E-state index in [1.54, 1.807) is 12.4 Å². The average molecular weight is 259 g/mol. The minimum absolute atomic E-state index is 1.17. The zero-order chi connectivity index (χ0) is 14.0. The van der Waals surface area contributed by atoms with E-state index in [1.807, 2.05) is 24.3 Å². The molecule has 19 heavy (non-hydrogen) atoms. The van der Waals surface area contributed by atoms with Crippen LogP contribution in [0.15, 0.2) is 48.6 Å². The van der Waals surface area contributed by atoms with E-state index in [2.05, 4.69) is 19.1 Å². The average Bonchev–Trinajstić information content (AvgIpc) is 2.43. The van der Waals surface area contributed by atoms with E-state index >= 15 is 0 Å². The Morgan fingerprint density at radius 3 is 2.00 bits per heavy atom. The van der Waals surface area contributed by atoms with E-state index in [0.717, 1.165) is 0 Å². The predicted molar refractivity (Wildman–Crippen MR) is 84.9 cm³/mol. The van der Waals surface area contributed by atoms with E-state index in [-0.39, 0.29) is 0 Å². The van der Waals surface area contributed by atoms with Crippen molar-refractivity contribution >= 4 is 6.29 Å². The Bertz CT molecular complexity index is 295. The molecular weight excluding hydrogens is 232 g/mol. The summed E-state index contributed by atoms with van der Waals surface area (Å²) >= 11 is 0. The molecule has 105 valence electrons. The van der Waals surface area contributed by atoms with Crippen molar-refractivity contribution in [1.29, 1.82) is 0 Å². The lowest BCUT2D eigenvalue weighted by Crippen LogP contribution is -1.78. The maximum Gasteiger partial charge on any atom is 0.225 e. The monoisotopic (exact) mass is 259 g/mol. The molecule has 0 atom stereocenters. The zero-order valence-corrected chi connectivity index (χ0v) is 12.2. The maximum atomic E-state index is 9.86. The molecule has 0 saturated heterocycles. The summed E-state index contributed by atoms with van der Waals surface area (Å²) in [5.41, 5.74) is 0. The number of allylic oxidation sites excluding steroid dienone is 8. The van der Waals surface area contributed by atoms with E-state index in [1.165, 1.54) is 57.4 Å². The summed E-state index contributed by atoms with van der Waals surface area (Å²) in [7, 11) is 0. The van der Waals surface area contributed by atoms with Gasteiger partial charge in [0.15, 0.2) is 0 Å². The molecular formula is C18H27O. The van der Waals surface area contributed by atoms with Gasteiger partial charge in [0, 0.05) is 0 Å². The Kier molecular flexibility index (Phi) is 15.4. The molecule has 0 bridgehead atoms. The van der Waals surface area contributed by atoms with Gasteiger partial charge < -0.3 is 0 Å². The predicted octanol–water partition coefficient (Wildman–Crippen LogP) is 5.46. The maximum absolute atomic E-state index is 9.86. The van der Waals surface area contributed by atoms with Crippen LogP contribution < -0.4 is 0 Å². The first kappa shape index (κ1) is 17.6. The van der Waals surface area contributed by atoms with Crippen molar-refractivity contribution in [2.45, 2.75) is 58.3 Å². The second-order valence-electron chi connectivity index (χ2n) is 4.58. The van der Waals surface area contributed by atoms with Crippen molar-refractivity contribution in [2.75, 3.05) is 0 Å². The van der Waals surface area contributed by atoms with Gasteiger partial charge in [-0.1, -0.05) is 88.0 Å². The van der Waals surface area contributed by atoms with Crippen LogP contribution in [-0.2, 0) is 4.79 Å². The van der Waals surface area contributed by atoms with Crippen LogP contribution in [0.1, 0.15) is 58.3 Å². The van der Waals surface area contributed by atoms with Crippen LogP contribution in [-0.4, -0.2) is 6.29 Å². The molecule has 1 nitrogen and oxygen atoms in total. The summed E-state index contributed by atoms with van der Waals surface area (Å²) in [6.45, 7) is 2.25. The van der Waals surface area contributed by atoms with Gasteiger partial charge in [0.1, 0.15) is 0 Å². The normalized spacial score (nSPS) is 12.5. The Balaban J connectivity index is 3.34. The summed E-state index contributed by atoms with van der Waals surface area (Å²) in [5, 5.41) is 0. The van der Waals surface area contributed by atoms with E-state index < -0.39 is 0 Å². The van der Waals surface area contributed by atoms with Crippen LogP contribution in [0.4, 0.5) is 0 Å². The van der Waals surface area contributed by atoms with Gasteiger partial charge in [-0.3, -0.25) is 4.79 Å². The van der Waals surface area contributed by atoms with Crippen LogP contribution in [0.3, 0.4) is 0 Å². The van der Waals surface area contributed by atoms with Crippen molar-refractivity contribution in [1.82, 2.24) is 0 Å². The van der Waals surface area contributed by atoms with Crippen LogP contribution in [0.2, 0.25) is 0 Å². The molecule has 0 aliphatic rings. The van der Waals surface area contributed by atoms with E-state index in [4.69, 9.17) is 0 Å². The Hall–Kier alpha value is -1.37. The number of hydrogen-bond acceptors (Lipinski definition) is 1. The molecule has 0 aliphatic carbocycles. The fourth-order valence-electron chi connectivity index (χ4n) is 1.75. The smallest absolute Gasteiger partial charge is 0.225 e. The third-order valence-corrected chi connectivity index (χ3v) is 2.83. The Morgan fingerprint density at radius 2 is 1.32 bits per heavy atom. The molecule has 0 aliphatic heterocycles. The molecule has 0 rings (SSSR count). The molecule has 0 N–H and O–H groups in total. The third-order valence-electron chi connectivity index (χ3n) is 2.83. The van der Waals surface area contributed by atoms with Gasteiger partial charge in [-0.2, -0.15) is 0 Å². The van der Waals surface area contributed by atoms with Gasteiger partial charge in [-0.05, 0) is 18.9 Å². The quantitative estimate of drug-likeness (QED) is 0.258. The molecule has 0 saturated carbocycles. The number of rotatable bonds is 12. The lowest BCUT2D eigenvalue weighted by molar-refractivity contribution is 0.564. The van der Waals surface area contributed by atoms with E-state index in [9.17, 15) is 4.79 Å². The van der Waals surface area contributed by atoms with Crippen molar-refractivity contribution < 1.29 is 4.79 Å². The topological polar surface area (TPSA) is 17.1 Å². The van der Waals surface area contributed by atoms with Crippen molar-refractivity contribution in [3.05, 3.63) is 48.6 Å². The lowest BCUT2D eigenvalue weighted by atomic mass is 10.1. The first-order valence-corrected chi connectivity index (χ1v) is 7.44. The largest absolute Gasteiger partial charge is 0.286 e. The molecule has 0 unspecified atom stereocenters. The summed E-state index contributed by atoms with van der Waals surface area (Å²) in [6.07, 6.45) is 27.4. The molecule has 0 aromatic heterocycles. The molecule has 0 amide bonds. The second-order valence-corrected chi connectivity index (χ2v) is 4.58. The summed E-state index contributed by atoms with van der Waals surface area (Å²) < 4.78 is 0. The summed E-state index contributed by atoms with van der Waals surface area (Å²) in [4.78, 5) is 9.86. The molecule has 1 heteroatoms. The van der Waals surface area contributed by atoms with Gasteiger partial charge in [0.25, 0.3) is 0 Å². The fraction of sp³-hybridized carbons (Fsp3) is 0.500. The first-order valence-electron chi connectivity index (χ1n) is 7.44. The highest BCUT2D eigenvalue weighted by Crippen LogP contribution is 2.08. The summed E-state index contributed by atoms with van der Waals surface area (Å²) in [5.74, 6) is 0. The highest BCUT2D eigenvalue weighted by Gasteiger charge is 1.88. The molecule has 0 fully saturated rings.